The van der Waals surface area contributed by atoms with Gasteiger partial charge in [0.25, 0.3) is 0 Å². The Morgan fingerprint density at radius 1 is 1.24 bits per heavy atom. The van der Waals surface area contributed by atoms with Crippen molar-refractivity contribution in [2.75, 3.05) is 10.8 Å². The number of benzene rings is 1. The fourth-order valence-electron chi connectivity index (χ4n) is 3.64. The monoisotopic (exact) mass is 362 g/mol. The molecule has 5 heteroatoms. The van der Waals surface area contributed by atoms with Crippen LogP contribution in [0.1, 0.15) is 46.0 Å². The number of anilines is 1. The molecule has 0 spiro atoms. The lowest BCUT2D eigenvalue weighted by Gasteiger charge is -2.54. The molecule has 1 unspecified atom stereocenters. The van der Waals surface area contributed by atoms with Crippen LogP contribution in [0.4, 0.5) is 5.69 Å². The van der Waals surface area contributed by atoms with E-state index in [9.17, 15) is 9.11 Å². The predicted molar refractivity (Wildman–Crippen MR) is 108 cm³/mol. The summed E-state index contributed by atoms with van der Waals surface area (Å²) in [5.74, 6) is 0. The minimum atomic E-state index is -2.87. The first-order valence-electron chi connectivity index (χ1n) is 9.24. The summed E-state index contributed by atoms with van der Waals surface area (Å²) < 4.78 is 24.2. The number of hydrogen-bond donors (Lipinski definition) is 3. The molecule has 3 N–H and O–H groups in total. The third-order valence-electron chi connectivity index (χ3n) is 4.89. The van der Waals surface area contributed by atoms with Crippen LogP contribution in [0.15, 0.2) is 53.8 Å². The van der Waals surface area contributed by atoms with Crippen LogP contribution in [-0.2, 0) is 0 Å². The van der Waals surface area contributed by atoms with Gasteiger partial charge in [0.1, 0.15) is 0 Å². The minimum Gasteiger partial charge on any atom is -0.315 e. The molecule has 2 aliphatic rings. The standard InChI is InChI=1S/C20H30N2O2S/c1-16(2)21-14-8-12-19-15-17-9-6-7-13-20(17)22(25(19,23)24)18-10-4-3-5-11-18/h3-6,9-11,16,19,21,23-24H,7-8,12-15H2,1-2H3. The van der Waals surface area contributed by atoms with Crippen LogP contribution in [0.3, 0.4) is 0 Å². The molecule has 1 aromatic rings. The molecule has 0 saturated carbocycles. The number of nitrogens with one attached hydrogen (secondary N) is 1. The molecule has 138 valence electrons. The van der Waals surface area contributed by atoms with Crippen LogP contribution >= 0.6 is 10.8 Å². The predicted octanol–water partition coefficient (Wildman–Crippen LogP) is 5.31. The molecule has 0 fully saturated rings. The smallest absolute Gasteiger partial charge is 0.0733 e. The van der Waals surface area contributed by atoms with Crippen LogP contribution in [-0.4, -0.2) is 26.9 Å². The van der Waals surface area contributed by atoms with Gasteiger partial charge in [-0.15, -0.1) is 10.8 Å². The molecule has 1 aliphatic heterocycles. The highest BCUT2D eigenvalue weighted by atomic mass is 32.3. The zero-order valence-corrected chi connectivity index (χ0v) is 16.0. The van der Waals surface area contributed by atoms with Gasteiger partial charge >= 0.3 is 0 Å². The third kappa shape index (κ3) is 4.11. The first-order chi connectivity index (χ1) is 12.0. The first-order valence-corrected chi connectivity index (χ1v) is 10.8. The average molecular weight is 363 g/mol. The highest BCUT2D eigenvalue weighted by molar-refractivity contribution is 8.26. The van der Waals surface area contributed by atoms with Crippen LogP contribution in [0, 0.1) is 0 Å². The maximum Gasteiger partial charge on any atom is 0.0733 e. The van der Waals surface area contributed by atoms with Crippen molar-refractivity contribution >= 4 is 16.5 Å². The van der Waals surface area contributed by atoms with E-state index in [0.717, 1.165) is 50.0 Å². The highest BCUT2D eigenvalue weighted by Crippen LogP contribution is 2.60. The van der Waals surface area contributed by atoms with Crippen molar-refractivity contribution in [1.82, 2.24) is 5.32 Å². The van der Waals surface area contributed by atoms with E-state index in [1.807, 2.05) is 34.6 Å². The summed E-state index contributed by atoms with van der Waals surface area (Å²) >= 11 is 0. The second-order valence-corrected chi connectivity index (χ2v) is 9.34. The Morgan fingerprint density at radius 3 is 2.72 bits per heavy atom. The van der Waals surface area contributed by atoms with Crippen LogP contribution in [0.2, 0.25) is 0 Å². The van der Waals surface area contributed by atoms with Gasteiger partial charge in [-0.1, -0.05) is 44.2 Å². The zero-order valence-electron chi connectivity index (χ0n) is 15.2. The van der Waals surface area contributed by atoms with E-state index in [4.69, 9.17) is 0 Å². The molecule has 1 atom stereocenters. The lowest BCUT2D eigenvalue weighted by Crippen LogP contribution is -2.40. The Morgan fingerprint density at radius 2 is 2.00 bits per heavy atom. The summed E-state index contributed by atoms with van der Waals surface area (Å²) in [5, 5.41) is 3.30. The van der Waals surface area contributed by atoms with Crippen molar-refractivity contribution in [1.29, 1.82) is 0 Å². The second kappa shape index (κ2) is 7.96. The zero-order chi connectivity index (χ0) is 17.9. The van der Waals surface area contributed by atoms with Gasteiger partial charge in [-0.2, -0.15) is 0 Å². The van der Waals surface area contributed by atoms with Crippen molar-refractivity contribution in [2.24, 2.45) is 0 Å². The van der Waals surface area contributed by atoms with E-state index >= 15 is 0 Å². The SMILES string of the molecule is CC(C)NCCCC1CC2=C(CCC=C2)N(c2ccccc2)S1(O)O. The molecular weight excluding hydrogens is 332 g/mol. The quantitative estimate of drug-likeness (QED) is 0.600. The molecule has 3 rings (SSSR count). The van der Waals surface area contributed by atoms with Gasteiger partial charge in [0.05, 0.1) is 10.9 Å². The van der Waals surface area contributed by atoms with Gasteiger partial charge in [0, 0.05) is 11.7 Å². The number of nitrogens with zero attached hydrogens (tertiary/aromatic N) is 1. The normalized spacial score (nSPS) is 23.7. The number of allylic oxidation sites excluding steroid dienone is 4. The van der Waals surface area contributed by atoms with E-state index in [0.29, 0.717) is 6.04 Å². The van der Waals surface area contributed by atoms with E-state index < -0.39 is 10.8 Å². The average Bonchev–Trinajstić information content (AvgIpc) is 2.59. The van der Waals surface area contributed by atoms with Crippen LogP contribution < -0.4 is 9.62 Å². The maximum absolute atomic E-state index is 11.2. The molecule has 25 heavy (non-hydrogen) atoms. The molecule has 1 aliphatic carbocycles. The highest BCUT2D eigenvalue weighted by Gasteiger charge is 2.40. The van der Waals surface area contributed by atoms with Crippen LogP contribution in [0.25, 0.3) is 0 Å². The molecule has 0 bridgehead atoms. The van der Waals surface area contributed by atoms with Gasteiger partial charge in [0.15, 0.2) is 0 Å². The number of rotatable bonds is 6. The summed E-state index contributed by atoms with van der Waals surface area (Å²) in [6.07, 6.45) is 8.75. The van der Waals surface area contributed by atoms with Gasteiger partial charge in [-0.25, -0.2) is 4.31 Å². The van der Waals surface area contributed by atoms with E-state index in [1.54, 1.807) is 0 Å². The molecule has 0 amide bonds. The molecule has 0 aromatic heterocycles. The fraction of sp³-hybridized carbons (Fsp3) is 0.500. The molecule has 1 aromatic carbocycles. The third-order valence-corrected chi connectivity index (χ3v) is 7.16. The summed E-state index contributed by atoms with van der Waals surface area (Å²) in [5.41, 5.74) is 3.24. The number of hydrogen-bond acceptors (Lipinski definition) is 4. The summed E-state index contributed by atoms with van der Waals surface area (Å²) in [6.45, 7) is 5.18. The molecule has 1 heterocycles. The largest absolute Gasteiger partial charge is 0.315 e. The summed E-state index contributed by atoms with van der Waals surface area (Å²) in [7, 11) is -2.87. The molecule has 0 saturated heterocycles. The summed E-state index contributed by atoms with van der Waals surface area (Å²) in [6, 6.07) is 10.3. The Hall–Kier alpha value is -1.27. The molecule has 4 nitrogen and oxygen atoms in total. The molecule has 0 radical (unpaired) electrons. The van der Waals surface area contributed by atoms with Crippen molar-refractivity contribution in [3.8, 4) is 0 Å². The topological polar surface area (TPSA) is 55.7 Å². The van der Waals surface area contributed by atoms with E-state index in [2.05, 4.69) is 31.3 Å². The second-order valence-electron chi connectivity index (χ2n) is 7.18. The Bertz CT molecular complexity index is 640. The van der Waals surface area contributed by atoms with Gasteiger partial charge in [-0.3, -0.25) is 9.11 Å². The van der Waals surface area contributed by atoms with E-state index in [-0.39, 0.29) is 5.25 Å². The van der Waals surface area contributed by atoms with Crippen molar-refractivity contribution in [3.63, 3.8) is 0 Å². The summed E-state index contributed by atoms with van der Waals surface area (Å²) in [4.78, 5) is 0. The van der Waals surface area contributed by atoms with Crippen molar-refractivity contribution in [2.45, 2.75) is 57.2 Å². The fourth-order valence-corrected chi connectivity index (χ4v) is 5.79. The first kappa shape index (κ1) is 18.5. The molecular formula is C20H30N2O2S. The van der Waals surface area contributed by atoms with Crippen molar-refractivity contribution < 1.29 is 9.11 Å². The Labute approximate surface area is 153 Å². The minimum absolute atomic E-state index is 0.122. The Balaban J connectivity index is 1.85. The lowest BCUT2D eigenvalue weighted by molar-refractivity contribution is 0.447. The van der Waals surface area contributed by atoms with Gasteiger partial charge in [0.2, 0.25) is 0 Å². The maximum atomic E-state index is 11.2. The van der Waals surface area contributed by atoms with Crippen molar-refractivity contribution in [3.05, 3.63) is 53.8 Å². The Kier molecular flexibility index (Phi) is 5.89. The van der Waals surface area contributed by atoms with Crippen LogP contribution in [0.5, 0.6) is 0 Å². The van der Waals surface area contributed by atoms with E-state index in [1.165, 1.54) is 5.57 Å². The lowest BCUT2D eigenvalue weighted by atomic mass is 9.97. The number of para-hydroxylation sites is 1. The van der Waals surface area contributed by atoms with Gasteiger partial charge < -0.3 is 5.32 Å². The van der Waals surface area contributed by atoms with Gasteiger partial charge in [-0.05, 0) is 56.4 Å².